The largest absolute Gasteiger partial charge is 0.465 e. The van der Waals surface area contributed by atoms with E-state index in [0.717, 1.165) is 10.8 Å². The minimum atomic E-state index is -1.15. The summed E-state index contributed by atoms with van der Waals surface area (Å²) in [5.74, 6) is -2.66. The average molecular weight is 547 g/mol. The number of fused-ring (bicyclic) bond motifs is 2. The smallest absolute Gasteiger partial charge is 0.312 e. The summed E-state index contributed by atoms with van der Waals surface area (Å²) in [7, 11) is 0. The third-order valence-electron chi connectivity index (χ3n) is 8.91. The molecular formula is C32H38N2O6. The van der Waals surface area contributed by atoms with Crippen molar-refractivity contribution in [1.29, 1.82) is 0 Å². The maximum atomic E-state index is 14.6. The number of nitrogens with zero attached hydrogens (tertiary/aromatic N) is 2. The topological polar surface area (TPSA) is 96.4 Å². The van der Waals surface area contributed by atoms with Gasteiger partial charge in [0.2, 0.25) is 5.91 Å². The molecule has 2 aromatic carbocycles. The van der Waals surface area contributed by atoms with Gasteiger partial charge in [-0.15, -0.1) is 13.2 Å². The summed E-state index contributed by atoms with van der Waals surface area (Å²) >= 11 is 0. The van der Waals surface area contributed by atoms with Crippen molar-refractivity contribution in [2.45, 2.75) is 56.3 Å². The van der Waals surface area contributed by atoms with Gasteiger partial charge in [0.25, 0.3) is 5.91 Å². The van der Waals surface area contributed by atoms with E-state index >= 15 is 0 Å². The summed E-state index contributed by atoms with van der Waals surface area (Å²) in [6.07, 6.45) is 5.73. The number of carbonyl (C=O) groups excluding carboxylic acids is 3. The molecule has 40 heavy (non-hydrogen) atoms. The Labute approximate surface area is 235 Å². The summed E-state index contributed by atoms with van der Waals surface area (Å²) in [6, 6.07) is 12.8. The Hall–Kier alpha value is -3.49. The molecule has 8 heteroatoms. The minimum absolute atomic E-state index is 0.129. The number of ether oxygens (including phenoxy) is 2. The number of esters is 1. The van der Waals surface area contributed by atoms with Crippen LogP contribution in [0.3, 0.4) is 0 Å². The van der Waals surface area contributed by atoms with Gasteiger partial charge in [-0.1, -0.05) is 49.4 Å². The molecule has 3 heterocycles. The molecule has 0 aliphatic carbocycles. The molecule has 5 atom stereocenters. The lowest BCUT2D eigenvalue weighted by atomic mass is 9.65. The monoisotopic (exact) mass is 546 g/mol. The van der Waals surface area contributed by atoms with Gasteiger partial charge in [-0.3, -0.25) is 14.4 Å². The first kappa shape index (κ1) is 28.1. The Kier molecular flexibility index (Phi) is 7.84. The molecule has 1 spiro atoms. The first-order valence-corrected chi connectivity index (χ1v) is 14.2. The molecule has 3 aliphatic rings. The average Bonchev–Trinajstić information content (AvgIpc) is 3.57. The summed E-state index contributed by atoms with van der Waals surface area (Å²) < 4.78 is 12.4. The van der Waals surface area contributed by atoms with Gasteiger partial charge in [-0.05, 0) is 55.0 Å². The first-order chi connectivity index (χ1) is 19.4. The van der Waals surface area contributed by atoms with Crippen LogP contribution in [-0.2, 0) is 23.9 Å². The highest BCUT2D eigenvalue weighted by Gasteiger charge is 2.79. The number of hydrogen-bond acceptors (Lipinski definition) is 6. The van der Waals surface area contributed by atoms with E-state index in [1.165, 1.54) is 4.90 Å². The van der Waals surface area contributed by atoms with Crippen LogP contribution >= 0.6 is 0 Å². The molecule has 3 aliphatic heterocycles. The number of benzene rings is 2. The predicted octanol–water partition coefficient (Wildman–Crippen LogP) is 4.02. The molecule has 3 fully saturated rings. The normalized spacial score (nSPS) is 28.5. The zero-order valence-electron chi connectivity index (χ0n) is 23.1. The molecule has 0 aromatic heterocycles. The Balaban J connectivity index is 1.57. The zero-order chi connectivity index (χ0) is 28.5. The predicted molar refractivity (Wildman–Crippen MR) is 153 cm³/mol. The van der Waals surface area contributed by atoms with Crippen molar-refractivity contribution in [3.8, 4) is 0 Å². The Morgan fingerprint density at radius 1 is 1.18 bits per heavy atom. The maximum Gasteiger partial charge on any atom is 0.312 e. The van der Waals surface area contributed by atoms with E-state index in [1.807, 2.05) is 49.4 Å². The molecule has 212 valence electrons. The molecule has 3 saturated heterocycles. The van der Waals surface area contributed by atoms with Gasteiger partial charge in [0, 0.05) is 25.4 Å². The summed E-state index contributed by atoms with van der Waals surface area (Å²) in [5, 5.41) is 11.7. The summed E-state index contributed by atoms with van der Waals surface area (Å²) in [5.41, 5.74) is -1.33. The van der Waals surface area contributed by atoms with Gasteiger partial charge < -0.3 is 24.4 Å². The van der Waals surface area contributed by atoms with E-state index in [2.05, 4.69) is 13.2 Å². The van der Waals surface area contributed by atoms with Gasteiger partial charge in [-0.2, -0.15) is 0 Å². The van der Waals surface area contributed by atoms with Crippen LogP contribution in [0.4, 0.5) is 5.69 Å². The Morgan fingerprint density at radius 3 is 2.65 bits per heavy atom. The van der Waals surface area contributed by atoms with Crippen LogP contribution in [0.1, 0.15) is 39.0 Å². The van der Waals surface area contributed by atoms with Crippen molar-refractivity contribution >= 4 is 34.2 Å². The summed E-state index contributed by atoms with van der Waals surface area (Å²) in [4.78, 5) is 45.4. The van der Waals surface area contributed by atoms with Gasteiger partial charge in [0.15, 0.2) is 0 Å². The maximum absolute atomic E-state index is 14.6. The van der Waals surface area contributed by atoms with Crippen LogP contribution in [-0.4, -0.2) is 71.3 Å². The van der Waals surface area contributed by atoms with Crippen molar-refractivity contribution in [3.05, 3.63) is 67.8 Å². The fraction of sp³-hybridized carbons (Fsp3) is 0.469. The highest BCUT2D eigenvalue weighted by Crippen LogP contribution is 2.64. The summed E-state index contributed by atoms with van der Waals surface area (Å²) in [6.45, 7) is 9.99. The third-order valence-corrected chi connectivity index (χ3v) is 8.91. The molecule has 2 bridgehead atoms. The Bertz CT molecular complexity index is 1330. The lowest BCUT2D eigenvalue weighted by Crippen LogP contribution is -2.56. The van der Waals surface area contributed by atoms with E-state index in [-0.39, 0.29) is 38.1 Å². The second-order valence-corrected chi connectivity index (χ2v) is 11.0. The minimum Gasteiger partial charge on any atom is -0.465 e. The number of likely N-dealkylation sites (tertiary alicyclic amines) is 1. The number of carbonyl (C=O) groups is 3. The third kappa shape index (κ3) is 4.34. The number of hydrogen-bond donors (Lipinski definition) is 1. The van der Waals surface area contributed by atoms with Gasteiger partial charge in [-0.25, -0.2) is 0 Å². The van der Waals surface area contributed by atoms with Crippen molar-refractivity contribution in [3.63, 3.8) is 0 Å². The molecular weight excluding hydrogens is 508 g/mol. The molecule has 1 N–H and O–H groups in total. The van der Waals surface area contributed by atoms with Gasteiger partial charge in [0.1, 0.15) is 17.6 Å². The quantitative estimate of drug-likeness (QED) is 0.246. The van der Waals surface area contributed by atoms with Crippen molar-refractivity contribution in [2.75, 3.05) is 31.2 Å². The molecule has 2 unspecified atom stereocenters. The highest BCUT2D eigenvalue weighted by molar-refractivity contribution is 6.05. The second kappa shape index (κ2) is 11.2. The molecule has 0 saturated carbocycles. The fourth-order valence-corrected chi connectivity index (χ4v) is 7.11. The number of rotatable bonds is 12. The van der Waals surface area contributed by atoms with Crippen LogP contribution < -0.4 is 4.90 Å². The first-order valence-electron chi connectivity index (χ1n) is 14.2. The van der Waals surface area contributed by atoms with Gasteiger partial charge >= 0.3 is 5.97 Å². The fourth-order valence-electron chi connectivity index (χ4n) is 7.11. The lowest BCUT2D eigenvalue weighted by Gasteiger charge is -2.37. The van der Waals surface area contributed by atoms with Crippen LogP contribution in [0.25, 0.3) is 10.8 Å². The van der Waals surface area contributed by atoms with Crippen LogP contribution in [0.2, 0.25) is 0 Å². The van der Waals surface area contributed by atoms with E-state index in [0.29, 0.717) is 37.8 Å². The van der Waals surface area contributed by atoms with Crippen molar-refractivity contribution in [2.24, 2.45) is 11.8 Å². The Morgan fingerprint density at radius 2 is 1.95 bits per heavy atom. The highest BCUT2D eigenvalue weighted by atomic mass is 16.6. The van der Waals surface area contributed by atoms with Crippen molar-refractivity contribution < 1.29 is 29.0 Å². The van der Waals surface area contributed by atoms with Crippen molar-refractivity contribution in [1.82, 2.24) is 4.90 Å². The molecule has 8 nitrogen and oxygen atoms in total. The lowest BCUT2D eigenvalue weighted by molar-refractivity contribution is -0.160. The standard InChI is InChI=1S/C32H38N2O6/c1-4-7-20-39-30(38)26-25-28(36)34(18-10-19-35)27(32(25)16-15-31(26,6-3)40-32)29(37)33(17-5-2)24-14-13-22-11-8-9-12-23(22)21-24/h4-5,8-9,11-14,21,25-27,35H,1-2,6-7,10,15-20H2,3H3/t25-,26-,27?,31+,32?/m0/s1. The number of amides is 2. The molecule has 5 rings (SSSR count). The number of anilines is 1. The molecule has 2 aromatic rings. The number of aliphatic hydroxyl groups is 1. The van der Waals surface area contributed by atoms with E-state index in [1.54, 1.807) is 17.1 Å². The van der Waals surface area contributed by atoms with Crippen LogP contribution in [0.5, 0.6) is 0 Å². The van der Waals surface area contributed by atoms with E-state index in [4.69, 9.17) is 9.47 Å². The van der Waals surface area contributed by atoms with Crippen LogP contribution in [0.15, 0.2) is 67.8 Å². The number of aliphatic hydroxyl groups excluding tert-OH is 1. The molecule has 0 radical (unpaired) electrons. The zero-order valence-corrected chi connectivity index (χ0v) is 23.1. The SMILES string of the molecule is C=CCCOC(=O)[C@@H]1[C@H]2C(=O)N(CCCO)C(C(=O)N(CC=C)c3ccc4ccccc4c3)C23CC[C@@]1(CC)O3. The van der Waals surface area contributed by atoms with E-state index < -0.39 is 35.0 Å². The van der Waals surface area contributed by atoms with Crippen LogP contribution in [0, 0.1) is 11.8 Å². The van der Waals surface area contributed by atoms with Gasteiger partial charge in [0.05, 0.1) is 18.1 Å². The second-order valence-electron chi connectivity index (χ2n) is 11.0. The van der Waals surface area contributed by atoms with E-state index in [9.17, 15) is 19.5 Å². The molecule has 2 amide bonds.